The van der Waals surface area contributed by atoms with Crippen molar-refractivity contribution in [2.45, 2.75) is 19.4 Å². The van der Waals surface area contributed by atoms with Crippen LogP contribution in [0.25, 0.3) is 0 Å². The maximum Gasteiger partial charge on any atom is 0.282 e. The van der Waals surface area contributed by atoms with Crippen LogP contribution in [0.4, 0.5) is 0 Å². The van der Waals surface area contributed by atoms with Gasteiger partial charge in [-0.3, -0.25) is 0 Å². The van der Waals surface area contributed by atoms with Gasteiger partial charge in [0.05, 0.1) is 0 Å². The third-order valence-electron chi connectivity index (χ3n) is 3.89. The van der Waals surface area contributed by atoms with Gasteiger partial charge in [-0.15, -0.1) is 0 Å². The average molecular weight is 332 g/mol. The Bertz CT molecular complexity index is 571. The van der Waals surface area contributed by atoms with E-state index in [1.165, 1.54) is 4.31 Å². The van der Waals surface area contributed by atoms with Gasteiger partial charge < -0.3 is 5.32 Å². The number of benzene rings is 1. The Hall–Kier alpha value is -0.660. The smallest absolute Gasteiger partial charge is 0.282 e. The van der Waals surface area contributed by atoms with Gasteiger partial charge >= 0.3 is 0 Å². The fraction of sp³-hybridized carbons (Fsp3) is 0.571. The molecule has 1 aromatic rings. The molecule has 1 heterocycles. The van der Waals surface area contributed by atoms with E-state index in [-0.39, 0.29) is 6.04 Å². The van der Waals surface area contributed by atoms with Crippen molar-refractivity contribution in [1.82, 2.24) is 13.9 Å². The van der Waals surface area contributed by atoms with E-state index < -0.39 is 10.2 Å². The first-order valence-corrected chi connectivity index (χ1v) is 8.90. The molecule has 1 atom stereocenters. The topological polar surface area (TPSA) is 52.7 Å². The van der Waals surface area contributed by atoms with E-state index in [0.717, 1.165) is 18.5 Å². The van der Waals surface area contributed by atoms with E-state index >= 15 is 0 Å². The minimum Gasteiger partial charge on any atom is -0.315 e. The molecular formula is C14H22ClN3O2S. The summed E-state index contributed by atoms with van der Waals surface area (Å²) in [4.78, 5) is 0. The molecule has 0 radical (unpaired) electrons. The number of nitrogens with one attached hydrogen (secondary N) is 1. The summed E-state index contributed by atoms with van der Waals surface area (Å²) < 4.78 is 28.4. The van der Waals surface area contributed by atoms with Crippen molar-refractivity contribution in [3.05, 3.63) is 34.9 Å². The van der Waals surface area contributed by atoms with Crippen molar-refractivity contribution in [3.8, 4) is 0 Å². The largest absolute Gasteiger partial charge is 0.315 e. The summed E-state index contributed by atoms with van der Waals surface area (Å²) in [5.41, 5.74) is 0.818. The minimum atomic E-state index is -3.48. The second-order valence-electron chi connectivity index (χ2n) is 5.22. The van der Waals surface area contributed by atoms with Gasteiger partial charge in [-0.2, -0.15) is 17.0 Å². The monoisotopic (exact) mass is 331 g/mol. The first-order chi connectivity index (χ1) is 9.94. The molecule has 21 heavy (non-hydrogen) atoms. The van der Waals surface area contributed by atoms with E-state index in [2.05, 4.69) is 5.32 Å². The molecule has 5 nitrogen and oxygen atoms in total. The Labute approximate surface area is 132 Å². The van der Waals surface area contributed by atoms with Crippen molar-refractivity contribution in [3.63, 3.8) is 0 Å². The second-order valence-corrected chi connectivity index (χ2v) is 7.62. The lowest BCUT2D eigenvalue weighted by Gasteiger charge is -2.30. The molecule has 0 aliphatic carbocycles. The van der Waals surface area contributed by atoms with E-state index in [0.29, 0.717) is 24.7 Å². The summed E-state index contributed by atoms with van der Waals surface area (Å²) in [6.07, 6.45) is 0.827. The molecule has 0 amide bonds. The summed E-state index contributed by atoms with van der Waals surface area (Å²) in [5.74, 6) is 0. The molecule has 0 bridgehead atoms. The normalized spacial score (nSPS) is 19.4. The van der Waals surface area contributed by atoms with Crippen molar-refractivity contribution >= 4 is 21.8 Å². The number of nitrogens with zero attached hydrogens (tertiary/aromatic N) is 2. The SMILES string of the molecule is CC(c1ccccc1Cl)N(C)S(=O)(=O)N1CCCNCC1. The molecule has 1 saturated heterocycles. The highest BCUT2D eigenvalue weighted by Crippen LogP contribution is 2.28. The number of hydrogen-bond acceptors (Lipinski definition) is 3. The Morgan fingerprint density at radius 1 is 1.29 bits per heavy atom. The van der Waals surface area contributed by atoms with Crippen LogP contribution in [0, 0.1) is 0 Å². The number of hydrogen-bond donors (Lipinski definition) is 1. The van der Waals surface area contributed by atoms with E-state index in [1.807, 2.05) is 25.1 Å². The van der Waals surface area contributed by atoms with Crippen LogP contribution >= 0.6 is 11.6 Å². The van der Waals surface area contributed by atoms with Crippen LogP contribution in [0.1, 0.15) is 24.9 Å². The zero-order valence-corrected chi connectivity index (χ0v) is 14.0. The molecule has 0 saturated carbocycles. The van der Waals surface area contributed by atoms with Crippen LogP contribution in [0.5, 0.6) is 0 Å². The maximum absolute atomic E-state index is 12.7. The molecule has 1 aliphatic heterocycles. The van der Waals surface area contributed by atoms with E-state index in [4.69, 9.17) is 11.6 Å². The molecular weight excluding hydrogens is 310 g/mol. The number of rotatable bonds is 4. The molecule has 2 rings (SSSR count). The molecule has 1 unspecified atom stereocenters. The van der Waals surface area contributed by atoms with Crippen LogP contribution in [0.15, 0.2) is 24.3 Å². The Balaban J connectivity index is 2.21. The first-order valence-electron chi connectivity index (χ1n) is 7.13. The Morgan fingerprint density at radius 3 is 2.71 bits per heavy atom. The summed E-state index contributed by atoms with van der Waals surface area (Å²) in [7, 11) is -1.87. The van der Waals surface area contributed by atoms with Crippen LogP contribution in [-0.2, 0) is 10.2 Å². The molecule has 1 N–H and O–H groups in total. The zero-order valence-electron chi connectivity index (χ0n) is 12.4. The van der Waals surface area contributed by atoms with Crippen molar-refractivity contribution < 1.29 is 8.42 Å². The molecule has 1 fully saturated rings. The third-order valence-corrected chi connectivity index (χ3v) is 6.30. The lowest BCUT2D eigenvalue weighted by atomic mass is 10.1. The van der Waals surface area contributed by atoms with Gasteiger partial charge in [-0.25, -0.2) is 0 Å². The molecule has 7 heteroatoms. The van der Waals surface area contributed by atoms with E-state index in [9.17, 15) is 8.42 Å². The van der Waals surface area contributed by atoms with Gasteiger partial charge in [-0.05, 0) is 31.5 Å². The summed E-state index contributed by atoms with van der Waals surface area (Å²) in [5, 5.41) is 3.80. The average Bonchev–Trinajstić information content (AvgIpc) is 2.75. The molecule has 0 spiro atoms. The van der Waals surface area contributed by atoms with Gasteiger partial charge in [0.15, 0.2) is 0 Å². The highest BCUT2D eigenvalue weighted by molar-refractivity contribution is 7.86. The quantitative estimate of drug-likeness (QED) is 0.916. The van der Waals surface area contributed by atoms with Crippen molar-refractivity contribution in [2.75, 3.05) is 33.2 Å². The zero-order chi connectivity index (χ0) is 15.5. The van der Waals surface area contributed by atoms with Gasteiger partial charge in [0.1, 0.15) is 0 Å². The van der Waals surface area contributed by atoms with E-state index in [1.54, 1.807) is 17.4 Å². The summed E-state index contributed by atoms with van der Waals surface area (Å²) in [6, 6.07) is 7.05. The molecule has 1 aliphatic rings. The van der Waals surface area contributed by atoms with Crippen molar-refractivity contribution in [2.24, 2.45) is 0 Å². The second kappa shape index (κ2) is 7.07. The predicted molar refractivity (Wildman–Crippen MR) is 85.6 cm³/mol. The minimum absolute atomic E-state index is 0.306. The predicted octanol–water partition coefficient (Wildman–Crippen LogP) is 1.87. The number of halogens is 1. The molecule has 0 aromatic heterocycles. The highest BCUT2D eigenvalue weighted by Gasteiger charge is 2.31. The Morgan fingerprint density at radius 2 is 2.00 bits per heavy atom. The molecule has 1 aromatic carbocycles. The standard InChI is InChI=1S/C14H22ClN3O2S/c1-12(13-6-3-4-7-14(13)15)17(2)21(19,20)18-10-5-8-16-9-11-18/h3-4,6-7,12,16H,5,8-11H2,1-2H3. The highest BCUT2D eigenvalue weighted by atomic mass is 35.5. The summed E-state index contributed by atoms with van der Waals surface area (Å²) in [6.45, 7) is 4.45. The van der Waals surface area contributed by atoms with Crippen LogP contribution < -0.4 is 5.32 Å². The van der Waals surface area contributed by atoms with Crippen molar-refractivity contribution in [1.29, 1.82) is 0 Å². The van der Waals surface area contributed by atoms with Crippen LogP contribution in [0.2, 0.25) is 5.02 Å². The lowest BCUT2D eigenvalue weighted by Crippen LogP contribution is -2.44. The van der Waals surface area contributed by atoms with Gasteiger partial charge in [0.2, 0.25) is 0 Å². The fourth-order valence-corrected chi connectivity index (χ4v) is 4.30. The van der Waals surface area contributed by atoms with Gasteiger partial charge in [0, 0.05) is 37.7 Å². The fourth-order valence-electron chi connectivity index (χ4n) is 2.44. The third kappa shape index (κ3) is 3.76. The molecule has 118 valence electrons. The maximum atomic E-state index is 12.7. The van der Waals surface area contributed by atoms with Gasteiger partial charge in [0.25, 0.3) is 10.2 Å². The summed E-state index contributed by atoms with van der Waals surface area (Å²) >= 11 is 6.18. The van der Waals surface area contributed by atoms with Crippen LogP contribution in [0.3, 0.4) is 0 Å². The van der Waals surface area contributed by atoms with Gasteiger partial charge in [-0.1, -0.05) is 29.8 Å². The van der Waals surface area contributed by atoms with Crippen LogP contribution in [-0.4, -0.2) is 50.3 Å². The lowest BCUT2D eigenvalue weighted by molar-refractivity contribution is 0.335. The Kier molecular flexibility index (Phi) is 5.62. The first kappa shape index (κ1) is 16.7.